The molecule has 14 heavy (non-hydrogen) atoms. The number of aliphatic hydroxyl groups excluding tert-OH is 1. The molecule has 0 amide bonds. The van der Waals surface area contributed by atoms with Gasteiger partial charge in [0.1, 0.15) is 0 Å². The van der Waals surface area contributed by atoms with E-state index in [1.807, 2.05) is 32.0 Å². The lowest BCUT2D eigenvalue weighted by molar-refractivity contribution is 0.183. The Kier molecular flexibility index (Phi) is 3.77. The van der Waals surface area contributed by atoms with Crippen LogP contribution < -0.4 is 11.1 Å². The fourth-order valence-corrected chi connectivity index (χ4v) is 1.22. The molecule has 0 aliphatic carbocycles. The minimum absolute atomic E-state index is 0.296. The number of nitrogen functional groups attached to an aromatic ring is 1. The lowest BCUT2D eigenvalue weighted by Crippen LogP contribution is -2.18. The fraction of sp³-hybridized carbons (Fsp3) is 0.455. The van der Waals surface area contributed by atoms with Gasteiger partial charge in [-0.05, 0) is 31.0 Å². The minimum atomic E-state index is -0.296. The van der Waals surface area contributed by atoms with E-state index in [2.05, 4.69) is 5.32 Å². The Morgan fingerprint density at radius 2 is 2.21 bits per heavy atom. The van der Waals surface area contributed by atoms with Gasteiger partial charge in [-0.15, -0.1) is 0 Å². The topological polar surface area (TPSA) is 58.3 Å². The number of anilines is 2. The molecular weight excluding hydrogens is 176 g/mol. The van der Waals surface area contributed by atoms with Gasteiger partial charge in [-0.3, -0.25) is 0 Å². The van der Waals surface area contributed by atoms with Crippen LogP contribution in [0.5, 0.6) is 0 Å². The van der Waals surface area contributed by atoms with Gasteiger partial charge < -0.3 is 16.2 Å². The molecule has 0 fully saturated rings. The molecule has 0 heterocycles. The Balaban J connectivity index is 2.63. The molecule has 1 aromatic rings. The van der Waals surface area contributed by atoms with Gasteiger partial charge in [-0.2, -0.15) is 0 Å². The van der Waals surface area contributed by atoms with Crippen molar-refractivity contribution in [3.8, 4) is 0 Å². The van der Waals surface area contributed by atoms with Crippen molar-refractivity contribution < 1.29 is 5.11 Å². The van der Waals surface area contributed by atoms with Crippen molar-refractivity contribution in [2.24, 2.45) is 0 Å². The molecule has 0 saturated carbocycles. The van der Waals surface area contributed by atoms with Crippen LogP contribution in [0.25, 0.3) is 0 Å². The van der Waals surface area contributed by atoms with Crippen LogP contribution in [0.15, 0.2) is 18.2 Å². The summed E-state index contributed by atoms with van der Waals surface area (Å²) in [4.78, 5) is 0. The summed E-state index contributed by atoms with van der Waals surface area (Å²) in [5.74, 6) is 0. The highest BCUT2D eigenvalue weighted by Gasteiger charge is 2.03. The van der Waals surface area contributed by atoms with Crippen molar-refractivity contribution in [3.63, 3.8) is 0 Å². The predicted octanol–water partition coefficient (Wildman–Crippen LogP) is 1.76. The molecule has 1 unspecified atom stereocenters. The maximum Gasteiger partial charge on any atom is 0.0709 e. The van der Waals surface area contributed by atoms with E-state index in [0.717, 1.165) is 23.4 Å². The molecule has 0 saturated heterocycles. The molecule has 0 spiro atoms. The van der Waals surface area contributed by atoms with Crippen molar-refractivity contribution in [2.45, 2.75) is 26.4 Å². The SMILES string of the molecule is CCC(O)CNc1cccc(N)c1C. The van der Waals surface area contributed by atoms with Crippen LogP contribution in [0, 0.1) is 6.92 Å². The van der Waals surface area contributed by atoms with Gasteiger partial charge in [-0.25, -0.2) is 0 Å². The number of aliphatic hydroxyl groups is 1. The van der Waals surface area contributed by atoms with Crippen LogP contribution in [0.4, 0.5) is 11.4 Å². The molecule has 0 bridgehead atoms. The third kappa shape index (κ3) is 2.64. The average molecular weight is 194 g/mol. The summed E-state index contributed by atoms with van der Waals surface area (Å²) in [7, 11) is 0. The van der Waals surface area contributed by atoms with E-state index in [4.69, 9.17) is 5.73 Å². The van der Waals surface area contributed by atoms with Crippen LogP contribution in [-0.4, -0.2) is 17.8 Å². The number of hydrogen-bond donors (Lipinski definition) is 3. The van der Waals surface area contributed by atoms with Crippen LogP contribution in [0.3, 0.4) is 0 Å². The van der Waals surface area contributed by atoms with Crippen molar-refractivity contribution >= 4 is 11.4 Å². The van der Waals surface area contributed by atoms with E-state index in [1.165, 1.54) is 0 Å². The van der Waals surface area contributed by atoms with Crippen molar-refractivity contribution in [3.05, 3.63) is 23.8 Å². The number of nitrogens with one attached hydrogen (secondary N) is 1. The van der Waals surface area contributed by atoms with Gasteiger partial charge in [-0.1, -0.05) is 13.0 Å². The zero-order chi connectivity index (χ0) is 10.6. The zero-order valence-corrected chi connectivity index (χ0v) is 8.75. The summed E-state index contributed by atoms with van der Waals surface area (Å²) in [5.41, 5.74) is 8.57. The Hall–Kier alpha value is -1.22. The second kappa shape index (κ2) is 4.86. The molecule has 3 nitrogen and oxygen atoms in total. The van der Waals surface area contributed by atoms with E-state index in [-0.39, 0.29) is 6.10 Å². The van der Waals surface area contributed by atoms with Crippen LogP contribution in [0.2, 0.25) is 0 Å². The third-order valence-corrected chi connectivity index (χ3v) is 2.38. The number of rotatable bonds is 4. The molecular formula is C11H18N2O. The van der Waals surface area contributed by atoms with Gasteiger partial charge in [0.2, 0.25) is 0 Å². The highest BCUT2D eigenvalue weighted by atomic mass is 16.3. The summed E-state index contributed by atoms with van der Waals surface area (Å²) in [6, 6.07) is 5.74. The molecule has 4 N–H and O–H groups in total. The lowest BCUT2D eigenvalue weighted by atomic mass is 10.1. The van der Waals surface area contributed by atoms with Crippen LogP contribution in [0.1, 0.15) is 18.9 Å². The summed E-state index contributed by atoms with van der Waals surface area (Å²) >= 11 is 0. The number of nitrogens with two attached hydrogens (primary N) is 1. The normalized spacial score (nSPS) is 12.5. The first-order valence-electron chi connectivity index (χ1n) is 4.92. The highest BCUT2D eigenvalue weighted by Crippen LogP contribution is 2.20. The number of hydrogen-bond acceptors (Lipinski definition) is 3. The van der Waals surface area contributed by atoms with Crippen LogP contribution >= 0.6 is 0 Å². The smallest absolute Gasteiger partial charge is 0.0709 e. The van der Waals surface area contributed by atoms with Crippen molar-refractivity contribution in [1.29, 1.82) is 0 Å². The summed E-state index contributed by atoms with van der Waals surface area (Å²) in [5, 5.41) is 12.6. The molecule has 0 aliphatic rings. The zero-order valence-electron chi connectivity index (χ0n) is 8.75. The maximum absolute atomic E-state index is 9.39. The molecule has 1 aromatic carbocycles. The molecule has 1 rings (SSSR count). The second-order valence-electron chi connectivity index (χ2n) is 3.46. The lowest BCUT2D eigenvalue weighted by Gasteiger charge is -2.13. The molecule has 0 aliphatic heterocycles. The third-order valence-electron chi connectivity index (χ3n) is 2.38. The summed E-state index contributed by atoms with van der Waals surface area (Å²) in [6.07, 6.45) is 0.463. The van der Waals surface area contributed by atoms with E-state index in [0.29, 0.717) is 6.54 Å². The Labute approximate surface area is 84.9 Å². The highest BCUT2D eigenvalue weighted by molar-refractivity contribution is 5.62. The van der Waals surface area contributed by atoms with Gasteiger partial charge in [0.05, 0.1) is 6.10 Å². The van der Waals surface area contributed by atoms with Gasteiger partial charge in [0.25, 0.3) is 0 Å². The summed E-state index contributed by atoms with van der Waals surface area (Å²) in [6.45, 7) is 4.50. The first-order valence-corrected chi connectivity index (χ1v) is 4.92. The monoisotopic (exact) mass is 194 g/mol. The fourth-order valence-electron chi connectivity index (χ4n) is 1.22. The Morgan fingerprint density at radius 1 is 1.50 bits per heavy atom. The Morgan fingerprint density at radius 3 is 2.86 bits per heavy atom. The molecule has 3 heteroatoms. The first-order chi connectivity index (χ1) is 6.65. The van der Waals surface area contributed by atoms with Crippen molar-refractivity contribution in [2.75, 3.05) is 17.6 Å². The van der Waals surface area contributed by atoms with E-state index in [1.54, 1.807) is 0 Å². The average Bonchev–Trinajstić information content (AvgIpc) is 2.20. The van der Waals surface area contributed by atoms with E-state index in [9.17, 15) is 5.11 Å². The van der Waals surface area contributed by atoms with Gasteiger partial charge in [0.15, 0.2) is 0 Å². The van der Waals surface area contributed by atoms with E-state index >= 15 is 0 Å². The summed E-state index contributed by atoms with van der Waals surface area (Å²) < 4.78 is 0. The molecule has 78 valence electrons. The largest absolute Gasteiger partial charge is 0.398 e. The Bertz CT molecular complexity index is 299. The predicted molar refractivity (Wildman–Crippen MR) is 60.4 cm³/mol. The number of benzene rings is 1. The first kappa shape index (κ1) is 10.9. The molecule has 0 radical (unpaired) electrons. The van der Waals surface area contributed by atoms with Crippen molar-refractivity contribution in [1.82, 2.24) is 0 Å². The standard InChI is InChI=1S/C11H18N2O/c1-3-9(14)7-13-11-6-4-5-10(12)8(11)2/h4-6,9,13-14H,3,7,12H2,1-2H3. The minimum Gasteiger partial charge on any atom is -0.398 e. The molecule has 0 aromatic heterocycles. The van der Waals surface area contributed by atoms with Gasteiger partial charge >= 0.3 is 0 Å². The van der Waals surface area contributed by atoms with Crippen LogP contribution in [-0.2, 0) is 0 Å². The quantitative estimate of drug-likeness (QED) is 0.640. The maximum atomic E-state index is 9.39. The molecule has 1 atom stereocenters. The van der Waals surface area contributed by atoms with Gasteiger partial charge in [0, 0.05) is 17.9 Å². The second-order valence-corrected chi connectivity index (χ2v) is 3.46. The van der Waals surface area contributed by atoms with E-state index < -0.39 is 0 Å².